The van der Waals surface area contributed by atoms with E-state index in [1.54, 1.807) is 26.1 Å². The number of amides is 1. The highest BCUT2D eigenvalue weighted by Gasteiger charge is 2.18. The molecule has 0 unspecified atom stereocenters. The monoisotopic (exact) mass is 344 g/mol. The third-order valence-corrected chi connectivity index (χ3v) is 3.55. The van der Waals surface area contributed by atoms with Crippen LogP contribution in [0.1, 0.15) is 33.6 Å². The highest BCUT2D eigenvalue weighted by Crippen LogP contribution is 2.18. The molecule has 0 aromatic carbocycles. The molecular weight excluding hydrogens is 308 g/mol. The fraction of sp³-hybridized carbons (Fsp3) is 0.882. The standard InChI is InChI=1S/C17H36N4O3/c1-7-24-11-8-10-18-16(19-13-15(22)21(4)5)20-14-17(2,3)9-12-23-6/h7-14H2,1-6H3,(H2,18,19,20). The van der Waals surface area contributed by atoms with Gasteiger partial charge in [0.1, 0.15) is 6.54 Å². The van der Waals surface area contributed by atoms with Crippen molar-refractivity contribution < 1.29 is 14.3 Å². The van der Waals surface area contributed by atoms with Crippen LogP contribution in [0.3, 0.4) is 0 Å². The SMILES string of the molecule is CCOCCCNC(=NCC(=O)N(C)C)NCC(C)(C)CCOC. The van der Waals surface area contributed by atoms with Gasteiger partial charge in [-0.15, -0.1) is 0 Å². The Bertz CT molecular complexity index is 371. The van der Waals surface area contributed by atoms with E-state index in [-0.39, 0.29) is 17.9 Å². The maximum Gasteiger partial charge on any atom is 0.243 e. The van der Waals surface area contributed by atoms with Crippen LogP contribution >= 0.6 is 0 Å². The van der Waals surface area contributed by atoms with Gasteiger partial charge in [-0.1, -0.05) is 13.8 Å². The van der Waals surface area contributed by atoms with Crippen LogP contribution in [0.2, 0.25) is 0 Å². The summed E-state index contributed by atoms with van der Waals surface area (Å²) in [5.74, 6) is 0.635. The molecule has 7 heteroatoms. The van der Waals surface area contributed by atoms with Crippen LogP contribution in [0.25, 0.3) is 0 Å². The molecule has 7 nitrogen and oxygen atoms in total. The van der Waals surface area contributed by atoms with E-state index in [1.165, 1.54) is 0 Å². The second-order valence-corrected chi connectivity index (χ2v) is 6.69. The Kier molecular flexibility index (Phi) is 12.3. The van der Waals surface area contributed by atoms with E-state index in [0.29, 0.717) is 12.6 Å². The molecular formula is C17H36N4O3. The van der Waals surface area contributed by atoms with Crippen molar-refractivity contribution in [1.82, 2.24) is 15.5 Å². The van der Waals surface area contributed by atoms with E-state index >= 15 is 0 Å². The summed E-state index contributed by atoms with van der Waals surface area (Å²) in [6.07, 6.45) is 1.84. The minimum absolute atomic E-state index is 0.0240. The molecule has 0 saturated heterocycles. The van der Waals surface area contributed by atoms with Crippen molar-refractivity contribution in [2.45, 2.75) is 33.6 Å². The van der Waals surface area contributed by atoms with Crippen LogP contribution in [-0.2, 0) is 14.3 Å². The Labute approximate surface area is 147 Å². The molecule has 0 spiro atoms. The van der Waals surface area contributed by atoms with E-state index < -0.39 is 0 Å². The first-order valence-electron chi connectivity index (χ1n) is 8.61. The molecule has 0 aliphatic heterocycles. The Morgan fingerprint density at radius 3 is 2.50 bits per heavy atom. The molecule has 24 heavy (non-hydrogen) atoms. The quantitative estimate of drug-likeness (QED) is 0.315. The molecule has 0 aromatic heterocycles. The maximum absolute atomic E-state index is 11.7. The minimum Gasteiger partial charge on any atom is -0.385 e. The molecule has 0 rings (SSSR count). The molecule has 0 radical (unpaired) electrons. The predicted octanol–water partition coefficient (Wildman–Crippen LogP) is 1.10. The second-order valence-electron chi connectivity index (χ2n) is 6.69. The van der Waals surface area contributed by atoms with Gasteiger partial charge in [-0.2, -0.15) is 0 Å². The highest BCUT2D eigenvalue weighted by atomic mass is 16.5. The van der Waals surface area contributed by atoms with Crippen molar-refractivity contribution in [2.75, 3.05) is 60.7 Å². The Hall–Kier alpha value is -1.34. The van der Waals surface area contributed by atoms with Crippen molar-refractivity contribution in [3.05, 3.63) is 0 Å². The number of carbonyl (C=O) groups is 1. The number of methoxy groups -OCH3 is 1. The van der Waals surface area contributed by atoms with Gasteiger partial charge in [0.15, 0.2) is 5.96 Å². The van der Waals surface area contributed by atoms with E-state index in [9.17, 15) is 4.79 Å². The highest BCUT2D eigenvalue weighted by molar-refractivity contribution is 5.84. The third kappa shape index (κ3) is 12.1. The number of nitrogens with one attached hydrogen (secondary N) is 2. The fourth-order valence-corrected chi connectivity index (χ4v) is 1.78. The average Bonchev–Trinajstić information content (AvgIpc) is 2.54. The summed E-state index contributed by atoms with van der Waals surface area (Å²) in [5, 5.41) is 6.58. The summed E-state index contributed by atoms with van der Waals surface area (Å²) >= 11 is 0. The number of hydrogen-bond donors (Lipinski definition) is 2. The van der Waals surface area contributed by atoms with Crippen molar-refractivity contribution in [1.29, 1.82) is 0 Å². The third-order valence-electron chi connectivity index (χ3n) is 3.55. The Balaban J connectivity index is 4.49. The summed E-state index contributed by atoms with van der Waals surface area (Å²) in [7, 11) is 5.17. The minimum atomic E-state index is -0.0240. The maximum atomic E-state index is 11.7. The number of hydrogen-bond acceptors (Lipinski definition) is 4. The summed E-state index contributed by atoms with van der Waals surface area (Å²) in [6.45, 7) is 10.1. The molecule has 0 aliphatic rings. The number of rotatable bonds is 12. The largest absolute Gasteiger partial charge is 0.385 e. The van der Waals surface area contributed by atoms with Crippen LogP contribution in [0.15, 0.2) is 4.99 Å². The first-order chi connectivity index (χ1) is 11.3. The molecule has 0 saturated carbocycles. The normalized spacial score (nSPS) is 12.2. The molecule has 0 aliphatic carbocycles. The van der Waals surface area contributed by atoms with Gasteiger partial charge >= 0.3 is 0 Å². The molecule has 0 aromatic rings. The van der Waals surface area contributed by atoms with E-state index in [2.05, 4.69) is 29.5 Å². The van der Waals surface area contributed by atoms with Crippen molar-refractivity contribution >= 4 is 11.9 Å². The van der Waals surface area contributed by atoms with E-state index in [4.69, 9.17) is 9.47 Å². The summed E-state index contributed by atoms with van der Waals surface area (Å²) < 4.78 is 10.5. The number of nitrogens with zero attached hydrogens (tertiary/aromatic N) is 2. The zero-order chi connectivity index (χ0) is 18.4. The topological polar surface area (TPSA) is 75.2 Å². The summed E-state index contributed by atoms with van der Waals surface area (Å²) in [6, 6.07) is 0. The average molecular weight is 345 g/mol. The molecule has 0 bridgehead atoms. The molecule has 0 fully saturated rings. The van der Waals surface area contributed by atoms with Gasteiger partial charge in [-0.3, -0.25) is 4.79 Å². The lowest BCUT2D eigenvalue weighted by Crippen LogP contribution is -2.43. The van der Waals surface area contributed by atoms with Gasteiger partial charge in [0.2, 0.25) is 5.91 Å². The molecule has 1 amide bonds. The van der Waals surface area contributed by atoms with Crippen molar-refractivity contribution in [3.63, 3.8) is 0 Å². The van der Waals surface area contributed by atoms with Crippen LogP contribution < -0.4 is 10.6 Å². The number of carbonyl (C=O) groups excluding carboxylic acids is 1. The van der Waals surface area contributed by atoms with Crippen LogP contribution in [0.4, 0.5) is 0 Å². The van der Waals surface area contributed by atoms with Crippen LogP contribution in [-0.4, -0.2) is 77.4 Å². The Morgan fingerprint density at radius 1 is 1.21 bits per heavy atom. The Morgan fingerprint density at radius 2 is 1.92 bits per heavy atom. The zero-order valence-corrected chi connectivity index (χ0v) is 16.3. The van der Waals surface area contributed by atoms with E-state index in [0.717, 1.165) is 39.1 Å². The van der Waals surface area contributed by atoms with Gasteiger partial charge in [0.25, 0.3) is 0 Å². The molecule has 0 atom stereocenters. The lowest BCUT2D eigenvalue weighted by molar-refractivity contribution is -0.127. The van der Waals surface area contributed by atoms with Gasteiger partial charge < -0.3 is 25.0 Å². The first-order valence-corrected chi connectivity index (χ1v) is 8.61. The second kappa shape index (κ2) is 13.0. The zero-order valence-electron chi connectivity index (χ0n) is 16.3. The lowest BCUT2D eigenvalue weighted by Gasteiger charge is -2.26. The van der Waals surface area contributed by atoms with Crippen LogP contribution in [0, 0.1) is 5.41 Å². The van der Waals surface area contributed by atoms with Crippen molar-refractivity contribution in [2.24, 2.45) is 10.4 Å². The lowest BCUT2D eigenvalue weighted by atomic mass is 9.90. The fourth-order valence-electron chi connectivity index (χ4n) is 1.78. The van der Waals surface area contributed by atoms with Gasteiger partial charge in [0.05, 0.1) is 0 Å². The number of guanidine groups is 1. The van der Waals surface area contributed by atoms with Gasteiger partial charge in [0, 0.05) is 54.1 Å². The molecule has 2 N–H and O–H groups in total. The molecule has 0 heterocycles. The van der Waals surface area contributed by atoms with Crippen LogP contribution in [0.5, 0.6) is 0 Å². The first kappa shape index (κ1) is 22.7. The molecule has 142 valence electrons. The number of likely N-dealkylation sites (N-methyl/N-ethyl adjacent to an activating group) is 1. The number of ether oxygens (including phenoxy) is 2. The van der Waals surface area contributed by atoms with E-state index in [1.807, 2.05) is 6.92 Å². The van der Waals surface area contributed by atoms with Gasteiger partial charge in [-0.25, -0.2) is 4.99 Å². The number of aliphatic imine (C=N–C) groups is 1. The smallest absolute Gasteiger partial charge is 0.243 e. The summed E-state index contributed by atoms with van der Waals surface area (Å²) in [4.78, 5) is 17.6. The van der Waals surface area contributed by atoms with Gasteiger partial charge in [-0.05, 0) is 25.2 Å². The summed E-state index contributed by atoms with van der Waals surface area (Å²) in [5.41, 5.74) is 0.0787. The predicted molar refractivity (Wildman–Crippen MR) is 98.4 cm³/mol. The van der Waals surface area contributed by atoms with Crippen molar-refractivity contribution in [3.8, 4) is 0 Å².